The van der Waals surface area contributed by atoms with Crippen molar-refractivity contribution in [3.05, 3.63) is 34.7 Å². The maximum absolute atomic E-state index is 12.6. The van der Waals surface area contributed by atoms with Crippen molar-refractivity contribution in [2.75, 3.05) is 26.2 Å². The second-order valence-electron chi connectivity index (χ2n) is 6.15. The summed E-state index contributed by atoms with van der Waals surface area (Å²) in [4.78, 5) is 15.9. The van der Waals surface area contributed by atoms with Crippen LogP contribution in [0.3, 0.4) is 0 Å². The third kappa shape index (κ3) is 4.81. The quantitative estimate of drug-likeness (QED) is 0.632. The zero-order valence-electron chi connectivity index (χ0n) is 15.2. The van der Waals surface area contributed by atoms with Crippen LogP contribution in [-0.2, 0) is 6.42 Å². The van der Waals surface area contributed by atoms with Gasteiger partial charge in [0.15, 0.2) is 0 Å². The Hall–Kier alpha value is -1.39. The number of aryl methyl sites for hydroxylation is 1. The van der Waals surface area contributed by atoms with Crippen molar-refractivity contribution < 1.29 is 4.79 Å². The Morgan fingerprint density at radius 2 is 1.88 bits per heavy atom. The molecule has 1 N–H and O–H groups in total. The third-order valence-corrected chi connectivity index (χ3v) is 5.70. The van der Waals surface area contributed by atoms with Gasteiger partial charge in [0.2, 0.25) is 0 Å². The van der Waals surface area contributed by atoms with Crippen molar-refractivity contribution in [2.45, 2.75) is 46.5 Å². The van der Waals surface area contributed by atoms with Gasteiger partial charge in [-0.15, -0.1) is 11.3 Å². The van der Waals surface area contributed by atoms with E-state index in [1.807, 2.05) is 6.07 Å². The Morgan fingerprint density at radius 1 is 1.12 bits per heavy atom. The highest BCUT2D eigenvalue weighted by molar-refractivity contribution is 7.21. The van der Waals surface area contributed by atoms with Crippen LogP contribution in [0.5, 0.6) is 0 Å². The fraction of sp³-hybridized carbons (Fsp3) is 0.550. The number of carbonyl (C=O) groups excluding carboxylic acids is 1. The minimum absolute atomic E-state index is 0.0995. The third-order valence-electron chi connectivity index (χ3n) is 4.49. The van der Waals surface area contributed by atoms with Crippen LogP contribution in [0.15, 0.2) is 24.3 Å². The van der Waals surface area contributed by atoms with E-state index in [-0.39, 0.29) is 5.91 Å². The van der Waals surface area contributed by atoms with Gasteiger partial charge >= 0.3 is 0 Å². The fourth-order valence-electron chi connectivity index (χ4n) is 3.06. The second-order valence-corrected chi connectivity index (χ2v) is 7.20. The SMILES string of the molecule is CCCc1c(C(=O)NCCCCN(CC)CC)sc2ccccc12. The Labute approximate surface area is 150 Å². The summed E-state index contributed by atoms with van der Waals surface area (Å²) in [6.07, 6.45) is 4.20. The van der Waals surface area contributed by atoms with Gasteiger partial charge in [-0.2, -0.15) is 0 Å². The molecule has 0 fully saturated rings. The molecule has 0 aliphatic carbocycles. The van der Waals surface area contributed by atoms with E-state index < -0.39 is 0 Å². The van der Waals surface area contributed by atoms with Crippen molar-refractivity contribution in [1.82, 2.24) is 10.2 Å². The number of hydrogen-bond donors (Lipinski definition) is 1. The number of fused-ring (bicyclic) bond motifs is 1. The number of carbonyl (C=O) groups is 1. The van der Waals surface area contributed by atoms with Crippen molar-refractivity contribution in [3.8, 4) is 0 Å². The minimum Gasteiger partial charge on any atom is -0.351 e. The summed E-state index contributed by atoms with van der Waals surface area (Å²) in [7, 11) is 0. The van der Waals surface area contributed by atoms with Crippen LogP contribution in [0, 0.1) is 0 Å². The fourth-order valence-corrected chi connectivity index (χ4v) is 4.23. The molecule has 1 aromatic carbocycles. The van der Waals surface area contributed by atoms with Crippen LogP contribution in [0.1, 0.15) is 55.3 Å². The van der Waals surface area contributed by atoms with E-state index in [9.17, 15) is 4.79 Å². The summed E-state index contributed by atoms with van der Waals surface area (Å²) < 4.78 is 1.22. The lowest BCUT2D eigenvalue weighted by molar-refractivity contribution is 0.0956. The van der Waals surface area contributed by atoms with Crippen LogP contribution in [-0.4, -0.2) is 37.0 Å². The van der Waals surface area contributed by atoms with Crippen molar-refractivity contribution >= 4 is 27.3 Å². The molecule has 0 aliphatic rings. The van der Waals surface area contributed by atoms with E-state index in [2.05, 4.69) is 49.2 Å². The van der Waals surface area contributed by atoms with Gasteiger partial charge in [-0.3, -0.25) is 4.79 Å². The number of nitrogens with one attached hydrogen (secondary N) is 1. The van der Waals surface area contributed by atoms with Crippen LogP contribution in [0.4, 0.5) is 0 Å². The lowest BCUT2D eigenvalue weighted by atomic mass is 10.1. The van der Waals surface area contributed by atoms with Gasteiger partial charge in [-0.05, 0) is 55.9 Å². The monoisotopic (exact) mass is 346 g/mol. The summed E-state index contributed by atoms with van der Waals surface area (Å²) in [6.45, 7) is 10.6. The molecule has 1 aromatic heterocycles. The standard InChI is InChI=1S/C20H30N2OS/c1-4-11-17-16-12-7-8-13-18(16)24-19(17)20(23)21-14-9-10-15-22(5-2)6-3/h7-8,12-13H,4-6,9-11,14-15H2,1-3H3,(H,21,23). The lowest BCUT2D eigenvalue weighted by Gasteiger charge is -2.17. The predicted molar refractivity (Wildman–Crippen MR) is 105 cm³/mol. The molecule has 1 heterocycles. The Kier molecular flexibility index (Phi) is 7.73. The first-order valence-electron chi connectivity index (χ1n) is 9.22. The van der Waals surface area contributed by atoms with Crippen molar-refractivity contribution in [2.24, 2.45) is 0 Å². The zero-order valence-corrected chi connectivity index (χ0v) is 16.0. The van der Waals surface area contributed by atoms with Gasteiger partial charge in [0.1, 0.15) is 0 Å². The molecular weight excluding hydrogens is 316 g/mol. The van der Waals surface area contributed by atoms with Crippen LogP contribution < -0.4 is 5.32 Å². The molecule has 132 valence electrons. The molecule has 0 atom stereocenters. The largest absolute Gasteiger partial charge is 0.351 e. The summed E-state index contributed by atoms with van der Waals surface area (Å²) in [5.41, 5.74) is 1.22. The average Bonchev–Trinajstić information content (AvgIpc) is 2.97. The summed E-state index contributed by atoms with van der Waals surface area (Å²) in [5, 5.41) is 4.37. The van der Waals surface area contributed by atoms with Crippen LogP contribution >= 0.6 is 11.3 Å². The molecule has 0 saturated carbocycles. The number of hydrogen-bond acceptors (Lipinski definition) is 3. The van der Waals surface area contributed by atoms with Gasteiger partial charge in [-0.1, -0.05) is 45.4 Å². The summed E-state index contributed by atoms with van der Waals surface area (Å²) in [5.74, 6) is 0.0995. The number of unbranched alkanes of at least 4 members (excludes halogenated alkanes) is 1. The molecule has 0 spiro atoms. The predicted octanol–water partition coefficient (Wildman–Crippen LogP) is 4.71. The van der Waals surface area contributed by atoms with Crippen molar-refractivity contribution in [1.29, 1.82) is 0 Å². The first-order chi connectivity index (χ1) is 11.7. The van der Waals surface area contributed by atoms with E-state index >= 15 is 0 Å². The van der Waals surface area contributed by atoms with E-state index in [0.29, 0.717) is 0 Å². The first-order valence-corrected chi connectivity index (χ1v) is 10.0. The molecule has 0 bridgehead atoms. The van der Waals surface area contributed by atoms with E-state index in [1.165, 1.54) is 15.6 Å². The maximum Gasteiger partial charge on any atom is 0.261 e. The van der Waals surface area contributed by atoms with Gasteiger partial charge in [0.25, 0.3) is 5.91 Å². The van der Waals surface area contributed by atoms with Gasteiger partial charge < -0.3 is 10.2 Å². The highest BCUT2D eigenvalue weighted by Crippen LogP contribution is 2.32. The summed E-state index contributed by atoms with van der Waals surface area (Å²) in [6, 6.07) is 8.35. The molecule has 0 unspecified atom stereocenters. The molecule has 2 rings (SSSR count). The lowest BCUT2D eigenvalue weighted by Crippen LogP contribution is -2.27. The van der Waals surface area contributed by atoms with Gasteiger partial charge in [0, 0.05) is 11.2 Å². The Morgan fingerprint density at radius 3 is 2.58 bits per heavy atom. The van der Waals surface area contributed by atoms with Crippen molar-refractivity contribution in [3.63, 3.8) is 0 Å². The molecule has 0 radical (unpaired) electrons. The van der Waals surface area contributed by atoms with Crippen LogP contribution in [0.2, 0.25) is 0 Å². The normalized spacial score (nSPS) is 11.3. The molecule has 4 heteroatoms. The van der Waals surface area contributed by atoms with E-state index in [4.69, 9.17) is 0 Å². The molecule has 0 aliphatic heterocycles. The Bertz CT molecular complexity index is 646. The van der Waals surface area contributed by atoms with E-state index in [0.717, 1.165) is 56.7 Å². The number of thiophene rings is 1. The zero-order chi connectivity index (χ0) is 17.4. The smallest absolute Gasteiger partial charge is 0.261 e. The first kappa shape index (κ1) is 18.9. The summed E-state index contributed by atoms with van der Waals surface area (Å²) >= 11 is 1.63. The molecule has 2 aromatic rings. The molecule has 3 nitrogen and oxygen atoms in total. The minimum atomic E-state index is 0.0995. The second kappa shape index (κ2) is 9.80. The topological polar surface area (TPSA) is 32.3 Å². The number of benzene rings is 1. The van der Waals surface area contributed by atoms with Gasteiger partial charge in [0.05, 0.1) is 4.88 Å². The van der Waals surface area contributed by atoms with E-state index in [1.54, 1.807) is 11.3 Å². The number of amides is 1. The highest BCUT2D eigenvalue weighted by atomic mass is 32.1. The average molecular weight is 347 g/mol. The number of rotatable bonds is 10. The molecule has 24 heavy (non-hydrogen) atoms. The molecule has 1 amide bonds. The van der Waals surface area contributed by atoms with Gasteiger partial charge in [-0.25, -0.2) is 0 Å². The number of nitrogens with zero attached hydrogens (tertiary/aromatic N) is 1. The molecular formula is C20H30N2OS. The maximum atomic E-state index is 12.6. The molecule has 0 saturated heterocycles. The van der Waals surface area contributed by atoms with Crippen LogP contribution in [0.25, 0.3) is 10.1 Å². The Balaban J connectivity index is 1.92. The highest BCUT2D eigenvalue weighted by Gasteiger charge is 2.17.